The van der Waals surface area contributed by atoms with Crippen LogP contribution in [0.3, 0.4) is 0 Å². The fourth-order valence-electron chi connectivity index (χ4n) is 2.68. The maximum Gasteiger partial charge on any atom is 0.193 e. The lowest BCUT2D eigenvalue weighted by molar-refractivity contribution is 0.353. The van der Waals surface area contributed by atoms with Crippen molar-refractivity contribution in [2.45, 2.75) is 35.7 Å². The fourth-order valence-corrected chi connectivity index (χ4v) is 5.23. The van der Waals surface area contributed by atoms with Crippen LogP contribution in [0.2, 0.25) is 0 Å². The number of hydrogen-bond acceptors (Lipinski definition) is 4. The molecule has 0 spiro atoms. The minimum atomic E-state index is -3.04. The molecule has 0 amide bonds. The second-order valence-electron chi connectivity index (χ2n) is 6.81. The van der Waals surface area contributed by atoms with Crippen molar-refractivity contribution in [2.24, 2.45) is 4.99 Å². The zero-order chi connectivity index (χ0) is 18.7. The van der Waals surface area contributed by atoms with E-state index in [0.29, 0.717) is 18.3 Å². The smallest absolute Gasteiger partial charge is 0.193 e. The van der Waals surface area contributed by atoms with Crippen molar-refractivity contribution >= 4 is 43.5 Å². The predicted molar refractivity (Wildman–Crippen MR) is 110 cm³/mol. The monoisotopic (exact) mass is 447 g/mol. The molecule has 1 aromatic carbocycles. The summed E-state index contributed by atoms with van der Waals surface area (Å²) in [5.41, 5.74) is 0. The molecule has 140 valence electrons. The first-order valence-corrected chi connectivity index (χ1v) is 11.6. The molecule has 1 N–H and O–H groups in total. The molecule has 1 atom stereocenters. The highest BCUT2D eigenvalue weighted by Gasteiger charge is 2.40. The zero-order valence-electron chi connectivity index (χ0n) is 15.1. The Bertz CT molecular complexity index is 718. The van der Waals surface area contributed by atoms with E-state index >= 15 is 0 Å². The highest BCUT2D eigenvalue weighted by Crippen LogP contribution is 2.25. The Hall–Kier alpha value is -0.730. The van der Waals surface area contributed by atoms with Crippen molar-refractivity contribution in [1.82, 2.24) is 10.2 Å². The summed E-state index contributed by atoms with van der Waals surface area (Å²) in [5.74, 6) is 0.940. The second-order valence-corrected chi connectivity index (χ2v) is 12.0. The van der Waals surface area contributed by atoms with Crippen molar-refractivity contribution < 1.29 is 8.42 Å². The number of guanidine groups is 1. The van der Waals surface area contributed by atoms with Gasteiger partial charge in [-0.05, 0) is 38.1 Å². The number of nitrogens with one attached hydrogen (secondary N) is 1. The minimum Gasteiger partial charge on any atom is -0.355 e. The molecule has 1 aromatic rings. The Balaban J connectivity index is 1.91. The maximum absolute atomic E-state index is 12.2. The van der Waals surface area contributed by atoms with Crippen LogP contribution in [0.4, 0.5) is 0 Å². The van der Waals surface area contributed by atoms with Crippen LogP contribution in [0.1, 0.15) is 20.8 Å². The first-order chi connectivity index (χ1) is 11.6. The van der Waals surface area contributed by atoms with Gasteiger partial charge in [-0.25, -0.2) is 8.42 Å². The van der Waals surface area contributed by atoms with Gasteiger partial charge in [0.05, 0.1) is 10.5 Å². The van der Waals surface area contributed by atoms with E-state index in [1.165, 1.54) is 4.90 Å². The van der Waals surface area contributed by atoms with Crippen LogP contribution in [-0.2, 0) is 9.84 Å². The number of rotatable bonds is 4. The van der Waals surface area contributed by atoms with Crippen molar-refractivity contribution in [1.29, 1.82) is 0 Å². The van der Waals surface area contributed by atoms with Crippen molar-refractivity contribution in [3.63, 3.8) is 0 Å². The van der Waals surface area contributed by atoms with Gasteiger partial charge >= 0.3 is 0 Å². The molecule has 2 rings (SSSR count). The number of aliphatic imine (C=N–C) groups is 1. The minimum absolute atomic E-state index is 0.171. The molecule has 1 unspecified atom stereocenters. The Kier molecular flexibility index (Phi) is 6.84. The van der Waals surface area contributed by atoms with E-state index in [1.807, 2.05) is 17.0 Å². The lowest BCUT2D eigenvalue weighted by Crippen LogP contribution is -2.57. The lowest BCUT2D eigenvalue weighted by atomic mass is 10.2. The van der Waals surface area contributed by atoms with Gasteiger partial charge in [-0.15, -0.1) is 11.8 Å². The standard InChI is InChI=1S/C17H26BrN3O2S2/c1-13(24-15-7-5-14(18)6-8-15)11-20-16(19-4)21-9-10-25(22,23)17(2,3)12-21/h5-8,13H,9-12H2,1-4H3,(H,19,20). The third-order valence-electron chi connectivity index (χ3n) is 4.25. The van der Waals surface area contributed by atoms with Crippen LogP contribution >= 0.6 is 27.7 Å². The Morgan fingerprint density at radius 3 is 2.60 bits per heavy atom. The molecular formula is C17H26BrN3O2S2. The summed E-state index contributed by atoms with van der Waals surface area (Å²) in [7, 11) is -1.30. The van der Waals surface area contributed by atoms with Gasteiger partial charge in [-0.3, -0.25) is 4.99 Å². The molecule has 1 aliphatic heterocycles. The van der Waals surface area contributed by atoms with E-state index < -0.39 is 14.6 Å². The van der Waals surface area contributed by atoms with Crippen LogP contribution in [0.5, 0.6) is 0 Å². The molecule has 1 heterocycles. The van der Waals surface area contributed by atoms with Crippen LogP contribution < -0.4 is 5.32 Å². The van der Waals surface area contributed by atoms with Crippen LogP contribution in [-0.4, -0.2) is 61.7 Å². The highest BCUT2D eigenvalue weighted by molar-refractivity contribution is 9.10. The Labute approximate surface area is 163 Å². The topological polar surface area (TPSA) is 61.8 Å². The largest absolute Gasteiger partial charge is 0.355 e. The highest BCUT2D eigenvalue weighted by atomic mass is 79.9. The number of sulfone groups is 1. The lowest BCUT2D eigenvalue weighted by Gasteiger charge is -2.39. The number of halogens is 1. The van der Waals surface area contributed by atoms with Gasteiger partial charge in [-0.2, -0.15) is 0 Å². The van der Waals surface area contributed by atoms with Gasteiger partial charge in [-0.1, -0.05) is 22.9 Å². The zero-order valence-corrected chi connectivity index (χ0v) is 18.3. The van der Waals surface area contributed by atoms with Gasteiger partial charge in [0.15, 0.2) is 15.8 Å². The molecule has 0 aromatic heterocycles. The summed E-state index contributed by atoms with van der Waals surface area (Å²) in [6, 6.07) is 8.27. The summed E-state index contributed by atoms with van der Waals surface area (Å²) < 4.78 is 24.6. The van der Waals surface area contributed by atoms with E-state index in [1.54, 1.807) is 32.7 Å². The third kappa shape index (κ3) is 5.37. The second kappa shape index (κ2) is 8.31. The number of thioether (sulfide) groups is 1. The molecule has 0 saturated carbocycles. The van der Waals surface area contributed by atoms with Crippen LogP contribution in [0.25, 0.3) is 0 Å². The fraction of sp³-hybridized carbons (Fsp3) is 0.588. The predicted octanol–water partition coefficient (Wildman–Crippen LogP) is 3.01. The molecule has 1 aliphatic rings. The molecule has 8 heteroatoms. The Morgan fingerprint density at radius 1 is 1.40 bits per heavy atom. The summed E-state index contributed by atoms with van der Waals surface area (Å²) >= 11 is 5.24. The maximum atomic E-state index is 12.2. The van der Waals surface area contributed by atoms with Crippen LogP contribution in [0.15, 0.2) is 38.6 Å². The molecule has 0 bridgehead atoms. The summed E-state index contributed by atoms with van der Waals surface area (Å²) in [6.07, 6.45) is 0. The van der Waals surface area contributed by atoms with Gasteiger partial charge in [0, 0.05) is 41.3 Å². The van der Waals surface area contributed by atoms with E-state index in [9.17, 15) is 8.42 Å². The average Bonchev–Trinajstić information content (AvgIpc) is 2.53. The number of hydrogen-bond donors (Lipinski definition) is 1. The summed E-state index contributed by atoms with van der Waals surface area (Å²) in [6.45, 7) is 7.44. The molecule has 0 aliphatic carbocycles. The van der Waals surface area contributed by atoms with E-state index in [4.69, 9.17) is 0 Å². The first-order valence-electron chi connectivity index (χ1n) is 8.25. The van der Waals surface area contributed by atoms with Crippen molar-refractivity contribution in [2.75, 3.05) is 32.4 Å². The quantitative estimate of drug-likeness (QED) is 0.436. The van der Waals surface area contributed by atoms with E-state index in [-0.39, 0.29) is 5.75 Å². The molecule has 0 radical (unpaired) electrons. The molecule has 25 heavy (non-hydrogen) atoms. The Morgan fingerprint density at radius 2 is 2.04 bits per heavy atom. The van der Waals surface area contributed by atoms with Crippen molar-refractivity contribution in [3.05, 3.63) is 28.7 Å². The first kappa shape index (κ1) is 20.6. The van der Waals surface area contributed by atoms with Crippen molar-refractivity contribution in [3.8, 4) is 0 Å². The van der Waals surface area contributed by atoms with E-state index in [0.717, 1.165) is 17.0 Å². The average molecular weight is 448 g/mol. The van der Waals surface area contributed by atoms with E-state index in [2.05, 4.69) is 45.3 Å². The van der Waals surface area contributed by atoms with Gasteiger partial charge < -0.3 is 10.2 Å². The number of benzene rings is 1. The number of nitrogens with zero attached hydrogens (tertiary/aromatic N) is 2. The third-order valence-corrected chi connectivity index (χ3v) is 8.43. The summed E-state index contributed by atoms with van der Waals surface area (Å²) in [4.78, 5) is 7.60. The molecule has 1 fully saturated rings. The molecular weight excluding hydrogens is 422 g/mol. The molecule has 5 nitrogen and oxygen atoms in total. The van der Waals surface area contributed by atoms with Crippen LogP contribution in [0, 0.1) is 0 Å². The van der Waals surface area contributed by atoms with Gasteiger partial charge in [0.2, 0.25) is 0 Å². The van der Waals surface area contributed by atoms with Gasteiger partial charge in [0.25, 0.3) is 0 Å². The SMILES string of the molecule is CN=C(NCC(C)Sc1ccc(Br)cc1)N1CCS(=O)(=O)C(C)(C)C1. The molecule has 1 saturated heterocycles. The summed E-state index contributed by atoms with van der Waals surface area (Å²) in [5, 5.41) is 3.75. The van der Waals surface area contributed by atoms with Gasteiger partial charge in [0.1, 0.15) is 0 Å². The normalized spacial score (nSPS) is 21.0.